The molecule has 0 fully saturated rings. The van der Waals surface area contributed by atoms with E-state index in [1.165, 1.54) is 0 Å². The van der Waals surface area contributed by atoms with Crippen LogP contribution in [0.1, 0.15) is 18.9 Å². The molecule has 0 bridgehead atoms. The van der Waals surface area contributed by atoms with E-state index in [1.807, 2.05) is 13.1 Å². The normalized spacial score (nSPS) is 10.7. The van der Waals surface area contributed by atoms with Crippen molar-refractivity contribution in [2.24, 2.45) is 7.05 Å². The van der Waals surface area contributed by atoms with Crippen LogP contribution >= 0.6 is 11.6 Å². The third-order valence-corrected chi connectivity index (χ3v) is 2.90. The van der Waals surface area contributed by atoms with Gasteiger partial charge >= 0.3 is 0 Å². The molecule has 2 heterocycles. The highest BCUT2D eigenvalue weighted by Crippen LogP contribution is 2.23. The SMILES string of the molecule is CCCNCc1cc(Oc2cnn(C)c2)ncc1Cl. The lowest BCUT2D eigenvalue weighted by atomic mass is 10.2. The number of aryl methyl sites for hydroxylation is 1. The molecule has 0 aliphatic heterocycles. The minimum Gasteiger partial charge on any atom is -0.436 e. The molecule has 0 saturated heterocycles. The topological polar surface area (TPSA) is 52.0 Å². The Hall–Kier alpha value is -1.59. The largest absolute Gasteiger partial charge is 0.436 e. The molecule has 0 spiro atoms. The predicted octanol–water partition coefficient (Wildman–Crippen LogP) is 2.76. The summed E-state index contributed by atoms with van der Waals surface area (Å²) in [6, 6.07) is 1.85. The van der Waals surface area contributed by atoms with Crippen LogP contribution in [0.3, 0.4) is 0 Å². The number of rotatable bonds is 6. The Morgan fingerprint density at radius 3 is 2.95 bits per heavy atom. The van der Waals surface area contributed by atoms with Crippen molar-refractivity contribution in [1.29, 1.82) is 0 Å². The predicted molar refractivity (Wildman–Crippen MR) is 74.5 cm³/mol. The average Bonchev–Trinajstić information content (AvgIpc) is 2.79. The van der Waals surface area contributed by atoms with Gasteiger partial charge in [0.25, 0.3) is 0 Å². The number of aromatic nitrogens is 3. The van der Waals surface area contributed by atoms with E-state index in [1.54, 1.807) is 23.3 Å². The van der Waals surface area contributed by atoms with Gasteiger partial charge in [-0.15, -0.1) is 0 Å². The Bertz CT molecular complexity index is 541. The molecule has 19 heavy (non-hydrogen) atoms. The van der Waals surface area contributed by atoms with Gasteiger partial charge < -0.3 is 10.1 Å². The Kier molecular flexibility index (Phi) is 4.76. The van der Waals surface area contributed by atoms with Crippen molar-refractivity contribution in [1.82, 2.24) is 20.1 Å². The van der Waals surface area contributed by atoms with E-state index in [2.05, 4.69) is 22.3 Å². The molecule has 1 N–H and O–H groups in total. The van der Waals surface area contributed by atoms with Gasteiger partial charge in [0, 0.05) is 25.9 Å². The fourth-order valence-corrected chi connectivity index (χ4v) is 1.79. The first-order valence-corrected chi connectivity index (χ1v) is 6.58. The fourth-order valence-electron chi connectivity index (χ4n) is 1.62. The van der Waals surface area contributed by atoms with Crippen molar-refractivity contribution in [3.05, 3.63) is 35.2 Å². The Morgan fingerprint density at radius 2 is 2.26 bits per heavy atom. The second-order valence-corrected chi connectivity index (χ2v) is 4.65. The van der Waals surface area contributed by atoms with Crippen molar-refractivity contribution in [2.45, 2.75) is 19.9 Å². The van der Waals surface area contributed by atoms with E-state index < -0.39 is 0 Å². The van der Waals surface area contributed by atoms with E-state index in [4.69, 9.17) is 16.3 Å². The van der Waals surface area contributed by atoms with E-state index >= 15 is 0 Å². The van der Waals surface area contributed by atoms with Crippen LogP contribution in [0.4, 0.5) is 0 Å². The molecule has 0 radical (unpaired) electrons. The van der Waals surface area contributed by atoms with Gasteiger partial charge in [-0.25, -0.2) is 4.98 Å². The molecule has 0 atom stereocenters. The van der Waals surface area contributed by atoms with Crippen molar-refractivity contribution < 1.29 is 4.74 Å². The lowest BCUT2D eigenvalue weighted by Crippen LogP contribution is -2.14. The highest BCUT2D eigenvalue weighted by atomic mass is 35.5. The number of hydrogen-bond acceptors (Lipinski definition) is 4. The Labute approximate surface area is 117 Å². The summed E-state index contributed by atoms with van der Waals surface area (Å²) in [4.78, 5) is 4.15. The van der Waals surface area contributed by atoms with Crippen LogP contribution in [-0.4, -0.2) is 21.3 Å². The molecule has 0 aliphatic rings. The van der Waals surface area contributed by atoms with Crippen LogP contribution in [0.2, 0.25) is 5.02 Å². The lowest BCUT2D eigenvalue weighted by molar-refractivity contribution is 0.461. The number of nitrogens with zero attached hydrogens (tertiary/aromatic N) is 3. The third kappa shape index (κ3) is 3.94. The summed E-state index contributed by atoms with van der Waals surface area (Å²) < 4.78 is 7.30. The minimum atomic E-state index is 0.519. The molecule has 102 valence electrons. The molecule has 0 unspecified atom stereocenters. The number of ether oxygens (including phenoxy) is 1. The zero-order valence-electron chi connectivity index (χ0n) is 11.1. The summed E-state index contributed by atoms with van der Waals surface area (Å²) in [5.41, 5.74) is 0.976. The highest BCUT2D eigenvalue weighted by molar-refractivity contribution is 6.31. The molecule has 2 rings (SSSR count). The monoisotopic (exact) mass is 280 g/mol. The van der Waals surface area contributed by atoms with Crippen molar-refractivity contribution >= 4 is 11.6 Å². The van der Waals surface area contributed by atoms with Crippen molar-refractivity contribution in [2.75, 3.05) is 6.54 Å². The summed E-state index contributed by atoms with van der Waals surface area (Å²) in [7, 11) is 1.84. The molecular formula is C13H17ClN4O. The number of nitrogens with one attached hydrogen (secondary N) is 1. The zero-order chi connectivity index (χ0) is 13.7. The lowest BCUT2D eigenvalue weighted by Gasteiger charge is -2.08. The second kappa shape index (κ2) is 6.54. The van der Waals surface area contributed by atoms with Gasteiger partial charge in [0.15, 0.2) is 5.75 Å². The van der Waals surface area contributed by atoms with Gasteiger partial charge in [0.05, 0.1) is 17.4 Å². The van der Waals surface area contributed by atoms with E-state index in [0.717, 1.165) is 18.5 Å². The van der Waals surface area contributed by atoms with Gasteiger partial charge in [-0.3, -0.25) is 4.68 Å². The molecule has 0 amide bonds. The first-order chi connectivity index (χ1) is 9.19. The summed E-state index contributed by atoms with van der Waals surface area (Å²) in [6.45, 7) is 3.79. The van der Waals surface area contributed by atoms with Gasteiger partial charge in [-0.05, 0) is 18.5 Å². The standard InChI is InChI=1S/C13H17ClN4O/c1-3-4-15-6-10-5-13(16-8-12(10)14)19-11-7-17-18(2)9-11/h5,7-9,15H,3-4,6H2,1-2H3. The summed E-state index contributed by atoms with van der Waals surface area (Å²) in [5.74, 6) is 1.18. The minimum absolute atomic E-state index is 0.519. The van der Waals surface area contributed by atoms with Crippen LogP contribution < -0.4 is 10.1 Å². The number of pyridine rings is 1. The zero-order valence-corrected chi connectivity index (χ0v) is 11.8. The Morgan fingerprint density at radius 1 is 1.42 bits per heavy atom. The first kappa shape index (κ1) is 13.8. The fraction of sp³-hybridized carbons (Fsp3) is 0.385. The number of halogens is 1. The average molecular weight is 281 g/mol. The quantitative estimate of drug-likeness (QED) is 0.827. The molecule has 0 aliphatic carbocycles. The van der Waals surface area contributed by atoms with Crippen LogP contribution in [0.25, 0.3) is 0 Å². The van der Waals surface area contributed by atoms with Gasteiger partial charge in [-0.2, -0.15) is 5.10 Å². The van der Waals surface area contributed by atoms with Gasteiger partial charge in [-0.1, -0.05) is 18.5 Å². The van der Waals surface area contributed by atoms with Crippen LogP contribution in [0.15, 0.2) is 24.7 Å². The first-order valence-electron chi connectivity index (χ1n) is 6.20. The highest BCUT2D eigenvalue weighted by Gasteiger charge is 2.06. The maximum absolute atomic E-state index is 6.11. The molecule has 6 heteroatoms. The number of hydrogen-bond donors (Lipinski definition) is 1. The summed E-state index contributed by atoms with van der Waals surface area (Å²) in [5, 5.41) is 7.98. The molecule has 0 aromatic carbocycles. The molecule has 5 nitrogen and oxygen atoms in total. The van der Waals surface area contributed by atoms with Gasteiger partial charge in [0.1, 0.15) is 0 Å². The maximum atomic E-state index is 6.11. The second-order valence-electron chi connectivity index (χ2n) is 4.24. The van der Waals surface area contributed by atoms with Gasteiger partial charge in [0.2, 0.25) is 5.88 Å². The van der Waals surface area contributed by atoms with E-state index in [-0.39, 0.29) is 0 Å². The smallest absolute Gasteiger partial charge is 0.219 e. The molecule has 2 aromatic rings. The summed E-state index contributed by atoms with van der Waals surface area (Å²) >= 11 is 6.11. The van der Waals surface area contributed by atoms with Crippen LogP contribution in [0.5, 0.6) is 11.6 Å². The third-order valence-electron chi connectivity index (χ3n) is 2.56. The van der Waals surface area contributed by atoms with Crippen LogP contribution in [0, 0.1) is 0 Å². The van der Waals surface area contributed by atoms with Crippen molar-refractivity contribution in [3.8, 4) is 11.6 Å². The van der Waals surface area contributed by atoms with E-state index in [0.29, 0.717) is 23.2 Å². The molecule has 2 aromatic heterocycles. The Balaban J connectivity index is 2.07. The van der Waals surface area contributed by atoms with E-state index in [9.17, 15) is 0 Å². The van der Waals surface area contributed by atoms with Crippen LogP contribution in [-0.2, 0) is 13.6 Å². The molecule has 0 saturated carbocycles. The van der Waals surface area contributed by atoms with Crippen molar-refractivity contribution in [3.63, 3.8) is 0 Å². The maximum Gasteiger partial charge on any atom is 0.219 e. The summed E-state index contributed by atoms with van der Waals surface area (Å²) in [6.07, 6.45) is 6.12. The molecular weight excluding hydrogens is 264 g/mol.